The number of ether oxygens (including phenoxy) is 1. The summed E-state index contributed by atoms with van der Waals surface area (Å²) in [5.41, 5.74) is 1.38. The molecule has 140 valence electrons. The zero-order valence-corrected chi connectivity index (χ0v) is 15.3. The van der Waals surface area contributed by atoms with E-state index in [1.54, 1.807) is 24.3 Å². The fraction of sp³-hybridized carbons (Fsp3) is 0.368. The molecule has 1 aliphatic heterocycles. The van der Waals surface area contributed by atoms with Crippen LogP contribution in [-0.2, 0) is 21.4 Å². The first-order chi connectivity index (χ1) is 12.3. The van der Waals surface area contributed by atoms with Gasteiger partial charge in [-0.2, -0.15) is 4.31 Å². The number of sulfonamides is 1. The summed E-state index contributed by atoms with van der Waals surface area (Å²) < 4.78 is 59.2. The maximum Gasteiger partial charge on any atom is 0.243 e. The molecule has 0 spiro atoms. The number of halogens is 2. The van der Waals surface area contributed by atoms with Crippen molar-refractivity contribution in [2.24, 2.45) is 0 Å². The van der Waals surface area contributed by atoms with E-state index in [4.69, 9.17) is 4.74 Å². The molecule has 26 heavy (non-hydrogen) atoms. The van der Waals surface area contributed by atoms with Crippen LogP contribution in [0, 0.1) is 18.6 Å². The van der Waals surface area contributed by atoms with Crippen molar-refractivity contribution in [3.05, 3.63) is 65.2 Å². The Labute approximate surface area is 152 Å². The van der Waals surface area contributed by atoms with E-state index in [2.05, 4.69) is 0 Å². The van der Waals surface area contributed by atoms with Crippen molar-refractivity contribution in [3.63, 3.8) is 0 Å². The second-order valence-electron chi connectivity index (χ2n) is 6.53. The number of aryl methyl sites for hydroxylation is 1. The molecule has 1 heterocycles. The van der Waals surface area contributed by atoms with Crippen LogP contribution in [0.3, 0.4) is 0 Å². The van der Waals surface area contributed by atoms with Gasteiger partial charge in [0.2, 0.25) is 10.0 Å². The maximum absolute atomic E-state index is 13.2. The molecule has 2 aromatic carbocycles. The van der Waals surface area contributed by atoms with Crippen molar-refractivity contribution in [1.82, 2.24) is 4.31 Å². The number of hydrogen-bond acceptors (Lipinski definition) is 3. The molecule has 0 bridgehead atoms. The Hall–Kier alpha value is -1.83. The Balaban J connectivity index is 1.66. The fourth-order valence-electron chi connectivity index (χ4n) is 3.03. The summed E-state index contributed by atoms with van der Waals surface area (Å²) in [6.07, 6.45) is 1.07. The number of rotatable bonds is 5. The predicted molar refractivity (Wildman–Crippen MR) is 94.1 cm³/mol. The first kappa shape index (κ1) is 18.9. The summed E-state index contributed by atoms with van der Waals surface area (Å²) >= 11 is 0. The lowest BCUT2D eigenvalue weighted by Gasteiger charge is -2.32. The molecule has 1 saturated heterocycles. The zero-order chi connectivity index (χ0) is 18.7. The average molecular weight is 381 g/mol. The Morgan fingerprint density at radius 1 is 1.12 bits per heavy atom. The lowest BCUT2D eigenvalue weighted by Crippen LogP contribution is -2.43. The number of piperidine rings is 1. The van der Waals surface area contributed by atoms with Gasteiger partial charge in [0.05, 0.1) is 17.6 Å². The monoisotopic (exact) mass is 381 g/mol. The molecule has 1 unspecified atom stereocenters. The molecule has 0 amide bonds. The zero-order valence-electron chi connectivity index (χ0n) is 14.5. The summed E-state index contributed by atoms with van der Waals surface area (Å²) in [4.78, 5) is 0.260. The molecular weight excluding hydrogens is 360 g/mol. The van der Waals surface area contributed by atoms with Gasteiger partial charge >= 0.3 is 0 Å². The van der Waals surface area contributed by atoms with Gasteiger partial charge in [-0.15, -0.1) is 0 Å². The third-order valence-electron chi connectivity index (χ3n) is 4.41. The topological polar surface area (TPSA) is 46.6 Å². The molecule has 0 aromatic heterocycles. The van der Waals surface area contributed by atoms with Gasteiger partial charge in [0.1, 0.15) is 11.6 Å². The van der Waals surface area contributed by atoms with Crippen LogP contribution in [0.15, 0.2) is 47.4 Å². The highest BCUT2D eigenvalue weighted by Crippen LogP contribution is 2.23. The van der Waals surface area contributed by atoms with E-state index < -0.39 is 21.7 Å². The van der Waals surface area contributed by atoms with Gasteiger partial charge in [-0.1, -0.05) is 17.7 Å². The quantitative estimate of drug-likeness (QED) is 0.794. The summed E-state index contributed by atoms with van der Waals surface area (Å²) in [5.74, 6) is -1.31. The molecule has 0 N–H and O–H groups in total. The summed E-state index contributed by atoms with van der Waals surface area (Å²) in [7, 11) is -3.57. The second kappa shape index (κ2) is 7.82. The Morgan fingerprint density at radius 2 is 1.77 bits per heavy atom. The number of benzene rings is 2. The van der Waals surface area contributed by atoms with Crippen LogP contribution < -0.4 is 0 Å². The molecule has 1 fully saturated rings. The standard InChI is InChI=1S/C19H21F2NO3S/c1-14-4-6-19(7-5-14)26(23,24)22-8-2-3-18(12-22)25-13-15-9-16(20)11-17(21)10-15/h4-7,9-11,18H,2-3,8,12-13H2,1H3. The predicted octanol–water partition coefficient (Wildman–Crippen LogP) is 3.64. The van der Waals surface area contributed by atoms with Crippen molar-refractivity contribution < 1.29 is 21.9 Å². The number of nitrogens with zero attached hydrogens (tertiary/aromatic N) is 1. The van der Waals surface area contributed by atoms with Gasteiger partial charge in [-0.05, 0) is 49.6 Å². The average Bonchev–Trinajstić information content (AvgIpc) is 2.60. The summed E-state index contributed by atoms with van der Waals surface area (Å²) in [6.45, 7) is 2.60. The molecule has 0 radical (unpaired) electrons. The fourth-order valence-corrected chi connectivity index (χ4v) is 4.54. The Morgan fingerprint density at radius 3 is 2.42 bits per heavy atom. The molecule has 1 atom stereocenters. The van der Waals surface area contributed by atoms with E-state index in [0.29, 0.717) is 24.9 Å². The summed E-state index contributed by atoms with van der Waals surface area (Å²) in [5, 5.41) is 0. The normalized spacial score (nSPS) is 18.8. The van der Waals surface area contributed by atoms with Crippen molar-refractivity contribution in [1.29, 1.82) is 0 Å². The molecule has 2 aromatic rings. The van der Waals surface area contributed by atoms with Gasteiger partial charge in [0.15, 0.2) is 0 Å². The molecule has 3 rings (SSSR count). The van der Waals surface area contributed by atoms with Crippen LogP contribution in [-0.4, -0.2) is 31.9 Å². The van der Waals surface area contributed by atoms with Crippen LogP contribution in [0.4, 0.5) is 8.78 Å². The van der Waals surface area contributed by atoms with Crippen LogP contribution in [0.5, 0.6) is 0 Å². The Kier molecular flexibility index (Phi) is 5.70. The van der Waals surface area contributed by atoms with E-state index in [0.717, 1.165) is 11.6 Å². The first-order valence-corrected chi connectivity index (χ1v) is 9.92. The number of hydrogen-bond donors (Lipinski definition) is 0. The highest BCUT2D eigenvalue weighted by Gasteiger charge is 2.30. The van der Waals surface area contributed by atoms with Crippen LogP contribution in [0.1, 0.15) is 24.0 Å². The molecule has 1 aliphatic rings. The van der Waals surface area contributed by atoms with Gasteiger partial charge < -0.3 is 4.74 Å². The third-order valence-corrected chi connectivity index (χ3v) is 6.29. The van der Waals surface area contributed by atoms with Crippen molar-refractivity contribution in [2.45, 2.75) is 37.4 Å². The Bertz CT molecular complexity index is 849. The molecular formula is C19H21F2NO3S. The molecule has 0 saturated carbocycles. The van der Waals surface area contributed by atoms with Gasteiger partial charge in [-0.3, -0.25) is 0 Å². The van der Waals surface area contributed by atoms with Gasteiger partial charge in [0.25, 0.3) is 0 Å². The van der Waals surface area contributed by atoms with Gasteiger partial charge in [-0.25, -0.2) is 17.2 Å². The molecule has 7 heteroatoms. The van der Waals surface area contributed by atoms with Crippen molar-refractivity contribution in [2.75, 3.05) is 13.1 Å². The van der Waals surface area contributed by atoms with Gasteiger partial charge in [0, 0.05) is 19.2 Å². The maximum atomic E-state index is 13.2. The largest absolute Gasteiger partial charge is 0.372 e. The molecule has 4 nitrogen and oxygen atoms in total. The smallest absolute Gasteiger partial charge is 0.243 e. The van der Waals surface area contributed by atoms with E-state index >= 15 is 0 Å². The van der Waals surface area contributed by atoms with E-state index in [1.807, 2.05) is 6.92 Å². The van der Waals surface area contributed by atoms with Crippen molar-refractivity contribution >= 4 is 10.0 Å². The minimum atomic E-state index is -3.57. The van der Waals surface area contributed by atoms with Crippen LogP contribution >= 0.6 is 0 Å². The third kappa shape index (κ3) is 4.47. The minimum absolute atomic E-state index is 0.0395. The SMILES string of the molecule is Cc1ccc(S(=O)(=O)N2CCCC(OCc3cc(F)cc(F)c3)C2)cc1. The van der Waals surface area contributed by atoms with E-state index in [9.17, 15) is 17.2 Å². The van der Waals surface area contributed by atoms with E-state index in [-0.39, 0.29) is 24.2 Å². The lowest BCUT2D eigenvalue weighted by atomic mass is 10.1. The second-order valence-corrected chi connectivity index (χ2v) is 8.47. The molecule has 0 aliphatic carbocycles. The van der Waals surface area contributed by atoms with E-state index in [1.165, 1.54) is 16.4 Å². The van der Waals surface area contributed by atoms with Crippen LogP contribution in [0.25, 0.3) is 0 Å². The summed E-state index contributed by atoms with van der Waals surface area (Å²) in [6, 6.07) is 9.97. The lowest BCUT2D eigenvalue weighted by molar-refractivity contribution is 0.00792. The first-order valence-electron chi connectivity index (χ1n) is 8.48. The van der Waals surface area contributed by atoms with Crippen LogP contribution in [0.2, 0.25) is 0 Å². The highest BCUT2D eigenvalue weighted by atomic mass is 32.2. The minimum Gasteiger partial charge on any atom is -0.372 e. The van der Waals surface area contributed by atoms with Crippen molar-refractivity contribution in [3.8, 4) is 0 Å². The highest BCUT2D eigenvalue weighted by molar-refractivity contribution is 7.89.